The predicted octanol–water partition coefficient (Wildman–Crippen LogP) is 6.26. The van der Waals surface area contributed by atoms with E-state index >= 15 is 0 Å². The number of rotatable bonds is 8. The minimum absolute atomic E-state index is 0. The van der Waals surface area contributed by atoms with Crippen molar-refractivity contribution in [3.63, 3.8) is 0 Å². The average molecular weight is 432 g/mol. The first-order valence-electron chi connectivity index (χ1n) is 9.36. The van der Waals surface area contributed by atoms with Crippen LogP contribution in [0.4, 0.5) is 0 Å². The summed E-state index contributed by atoms with van der Waals surface area (Å²) in [6, 6.07) is 20.7. The molecule has 0 aliphatic rings. The van der Waals surface area contributed by atoms with Crippen LogP contribution in [-0.4, -0.2) is 7.11 Å². The fourth-order valence-electron chi connectivity index (χ4n) is 2.91. The number of hydrogen-bond acceptors (Lipinski definition) is 3. The molecule has 0 spiro atoms. The van der Waals surface area contributed by atoms with E-state index in [4.69, 9.17) is 21.1 Å². The summed E-state index contributed by atoms with van der Waals surface area (Å²) < 4.78 is 11.5. The maximum atomic E-state index is 6.49. The lowest BCUT2D eigenvalue weighted by atomic mass is 10.1. The molecular formula is C24H27Cl2NO2. The fraction of sp³-hybridized carbons (Fsp3) is 0.250. The van der Waals surface area contributed by atoms with Crippen molar-refractivity contribution in [2.75, 3.05) is 7.11 Å². The van der Waals surface area contributed by atoms with Gasteiger partial charge in [0.25, 0.3) is 0 Å². The van der Waals surface area contributed by atoms with E-state index in [2.05, 4.69) is 67.7 Å². The third-order valence-electron chi connectivity index (χ3n) is 4.57. The molecule has 3 nitrogen and oxygen atoms in total. The Hall–Kier alpha value is -2.20. The highest BCUT2D eigenvalue weighted by molar-refractivity contribution is 6.32. The smallest absolute Gasteiger partial charge is 0.180 e. The molecule has 0 aromatic heterocycles. The summed E-state index contributed by atoms with van der Waals surface area (Å²) in [6.07, 6.45) is 0. The van der Waals surface area contributed by atoms with Crippen molar-refractivity contribution in [2.24, 2.45) is 0 Å². The lowest BCUT2D eigenvalue weighted by Gasteiger charge is -2.15. The Labute approximate surface area is 184 Å². The lowest BCUT2D eigenvalue weighted by Crippen LogP contribution is -2.13. The molecule has 0 heterocycles. The Morgan fingerprint density at radius 3 is 1.93 bits per heavy atom. The van der Waals surface area contributed by atoms with Gasteiger partial charge in [-0.15, -0.1) is 12.4 Å². The molecule has 0 unspecified atom stereocenters. The van der Waals surface area contributed by atoms with E-state index in [0.717, 1.165) is 17.7 Å². The van der Waals surface area contributed by atoms with Crippen LogP contribution in [0.15, 0.2) is 60.7 Å². The Balaban J connectivity index is 0.00000300. The quantitative estimate of drug-likeness (QED) is 0.456. The van der Waals surface area contributed by atoms with Gasteiger partial charge in [-0.2, -0.15) is 0 Å². The molecule has 0 amide bonds. The van der Waals surface area contributed by atoms with Crippen LogP contribution in [0, 0.1) is 13.8 Å². The average Bonchev–Trinajstić information content (AvgIpc) is 2.69. The topological polar surface area (TPSA) is 30.5 Å². The second-order valence-electron chi connectivity index (χ2n) is 6.97. The first kappa shape index (κ1) is 23.1. The maximum absolute atomic E-state index is 6.49. The summed E-state index contributed by atoms with van der Waals surface area (Å²) in [5.74, 6) is 1.22. The molecule has 0 saturated carbocycles. The fourth-order valence-corrected chi connectivity index (χ4v) is 3.20. The highest BCUT2D eigenvalue weighted by Gasteiger charge is 2.12. The van der Waals surface area contributed by atoms with Gasteiger partial charge in [0, 0.05) is 13.1 Å². The molecule has 0 atom stereocenters. The Kier molecular flexibility index (Phi) is 8.84. The third-order valence-corrected chi connectivity index (χ3v) is 4.85. The van der Waals surface area contributed by atoms with E-state index in [1.165, 1.54) is 16.7 Å². The molecule has 0 aliphatic carbocycles. The monoisotopic (exact) mass is 431 g/mol. The van der Waals surface area contributed by atoms with Gasteiger partial charge in [-0.05, 0) is 42.7 Å². The number of aryl methyl sites for hydroxylation is 2. The van der Waals surface area contributed by atoms with E-state index in [-0.39, 0.29) is 12.4 Å². The van der Waals surface area contributed by atoms with Crippen molar-refractivity contribution in [1.29, 1.82) is 0 Å². The van der Waals surface area contributed by atoms with Crippen LogP contribution < -0.4 is 14.8 Å². The van der Waals surface area contributed by atoms with Crippen LogP contribution in [-0.2, 0) is 19.7 Å². The zero-order valence-electron chi connectivity index (χ0n) is 17.0. The Morgan fingerprint density at radius 1 is 0.793 bits per heavy atom. The SMILES string of the molecule is COc1cc(CNCc2ccc(C)cc2)cc(Cl)c1OCc1ccc(C)cc1.Cl. The van der Waals surface area contributed by atoms with Crippen molar-refractivity contribution in [3.8, 4) is 11.5 Å². The van der Waals surface area contributed by atoms with Crippen molar-refractivity contribution in [3.05, 3.63) is 93.5 Å². The highest BCUT2D eigenvalue weighted by atomic mass is 35.5. The molecule has 154 valence electrons. The van der Waals surface area contributed by atoms with E-state index in [1.54, 1.807) is 7.11 Å². The zero-order valence-corrected chi connectivity index (χ0v) is 18.6. The van der Waals surface area contributed by atoms with Crippen molar-refractivity contribution >= 4 is 24.0 Å². The van der Waals surface area contributed by atoms with E-state index < -0.39 is 0 Å². The van der Waals surface area contributed by atoms with Crippen molar-refractivity contribution in [1.82, 2.24) is 5.32 Å². The molecule has 1 N–H and O–H groups in total. The molecule has 3 aromatic rings. The first-order chi connectivity index (χ1) is 13.5. The van der Waals surface area contributed by atoms with Gasteiger partial charge in [0.15, 0.2) is 11.5 Å². The van der Waals surface area contributed by atoms with E-state index in [0.29, 0.717) is 29.7 Å². The second-order valence-corrected chi connectivity index (χ2v) is 7.38. The van der Waals surface area contributed by atoms with Gasteiger partial charge in [0.2, 0.25) is 0 Å². The van der Waals surface area contributed by atoms with Crippen LogP contribution in [0.2, 0.25) is 5.02 Å². The van der Waals surface area contributed by atoms with Crippen LogP contribution in [0.5, 0.6) is 11.5 Å². The lowest BCUT2D eigenvalue weighted by molar-refractivity contribution is 0.284. The summed E-state index contributed by atoms with van der Waals surface area (Å²) in [5, 5.41) is 4.00. The Morgan fingerprint density at radius 2 is 1.34 bits per heavy atom. The van der Waals surface area contributed by atoms with Gasteiger partial charge in [-0.1, -0.05) is 71.3 Å². The number of hydrogen-bond donors (Lipinski definition) is 1. The van der Waals surface area contributed by atoms with Crippen LogP contribution >= 0.6 is 24.0 Å². The molecule has 5 heteroatoms. The van der Waals surface area contributed by atoms with E-state index in [1.807, 2.05) is 12.1 Å². The molecule has 0 saturated heterocycles. The van der Waals surface area contributed by atoms with Gasteiger partial charge < -0.3 is 14.8 Å². The predicted molar refractivity (Wildman–Crippen MR) is 122 cm³/mol. The standard InChI is InChI=1S/C24H26ClNO2.ClH/c1-17-4-8-19(9-5-17)14-26-15-21-12-22(25)24(23(13-21)27-3)28-16-20-10-6-18(2)7-11-20;/h4-13,26H,14-16H2,1-3H3;1H. The van der Waals surface area contributed by atoms with Crippen LogP contribution in [0.25, 0.3) is 0 Å². The summed E-state index contributed by atoms with van der Waals surface area (Å²) in [6.45, 7) is 6.10. The molecule has 3 aromatic carbocycles. The Bertz CT molecular complexity index is 909. The maximum Gasteiger partial charge on any atom is 0.180 e. The summed E-state index contributed by atoms with van der Waals surface area (Å²) in [7, 11) is 1.63. The molecule has 0 aliphatic heterocycles. The number of nitrogens with one attached hydrogen (secondary N) is 1. The number of benzene rings is 3. The van der Waals surface area contributed by atoms with Crippen molar-refractivity contribution in [2.45, 2.75) is 33.5 Å². The van der Waals surface area contributed by atoms with Crippen LogP contribution in [0.3, 0.4) is 0 Å². The largest absolute Gasteiger partial charge is 0.493 e. The van der Waals surface area contributed by atoms with Crippen molar-refractivity contribution < 1.29 is 9.47 Å². The van der Waals surface area contributed by atoms with Gasteiger partial charge in [-0.3, -0.25) is 0 Å². The van der Waals surface area contributed by atoms with Gasteiger partial charge in [0.05, 0.1) is 12.1 Å². The summed E-state index contributed by atoms with van der Waals surface area (Å²) >= 11 is 6.49. The minimum atomic E-state index is 0. The molecule has 0 bridgehead atoms. The minimum Gasteiger partial charge on any atom is -0.493 e. The van der Waals surface area contributed by atoms with Gasteiger partial charge >= 0.3 is 0 Å². The van der Waals surface area contributed by atoms with E-state index in [9.17, 15) is 0 Å². The number of methoxy groups -OCH3 is 1. The van der Waals surface area contributed by atoms with Gasteiger partial charge in [-0.25, -0.2) is 0 Å². The number of halogens is 2. The second kappa shape index (κ2) is 11.1. The molecular weight excluding hydrogens is 405 g/mol. The molecule has 0 fully saturated rings. The third kappa shape index (κ3) is 6.67. The normalized spacial score (nSPS) is 10.3. The molecule has 0 radical (unpaired) electrons. The summed E-state index contributed by atoms with van der Waals surface area (Å²) in [4.78, 5) is 0. The zero-order chi connectivity index (χ0) is 19.9. The van der Waals surface area contributed by atoms with Crippen LogP contribution in [0.1, 0.15) is 27.8 Å². The number of ether oxygens (including phenoxy) is 2. The molecule has 29 heavy (non-hydrogen) atoms. The summed E-state index contributed by atoms with van der Waals surface area (Å²) in [5.41, 5.74) is 5.88. The molecule has 3 rings (SSSR count). The first-order valence-corrected chi connectivity index (χ1v) is 9.74. The highest BCUT2D eigenvalue weighted by Crippen LogP contribution is 2.37. The van der Waals surface area contributed by atoms with Gasteiger partial charge in [0.1, 0.15) is 6.61 Å².